The maximum atomic E-state index is 12.0. The first-order valence-electron chi connectivity index (χ1n) is 8.45. The van der Waals surface area contributed by atoms with Crippen molar-refractivity contribution in [2.75, 3.05) is 0 Å². The van der Waals surface area contributed by atoms with Gasteiger partial charge in [0.15, 0.2) is 0 Å². The van der Waals surface area contributed by atoms with Gasteiger partial charge in [0.25, 0.3) is 5.91 Å². The summed E-state index contributed by atoms with van der Waals surface area (Å²) in [6.45, 7) is 0.357. The molecule has 0 saturated carbocycles. The fraction of sp³-hybridized carbons (Fsp3) is 0.0455. The number of ether oxygens (including phenoxy) is 1. The van der Waals surface area contributed by atoms with Crippen LogP contribution in [0.15, 0.2) is 77.9 Å². The Morgan fingerprint density at radius 1 is 1.11 bits per heavy atom. The summed E-state index contributed by atoms with van der Waals surface area (Å²) in [4.78, 5) is 12.0. The van der Waals surface area contributed by atoms with Crippen LogP contribution in [0.25, 0.3) is 0 Å². The van der Waals surface area contributed by atoms with Gasteiger partial charge < -0.3 is 4.74 Å². The molecular formula is C22H16ClN3O2. The number of carbonyl (C=O) groups excluding carboxylic acids is 1. The van der Waals surface area contributed by atoms with Crippen LogP contribution in [0.5, 0.6) is 5.75 Å². The van der Waals surface area contributed by atoms with Crippen LogP contribution in [-0.2, 0) is 6.61 Å². The second-order valence-corrected chi connectivity index (χ2v) is 6.25. The molecule has 0 radical (unpaired) electrons. The number of nitrogens with zero attached hydrogens (tertiary/aromatic N) is 2. The Hall–Kier alpha value is -3.62. The van der Waals surface area contributed by atoms with Crippen LogP contribution in [0.2, 0.25) is 5.02 Å². The molecule has 0 heterocycles. The van der Waals surface area contributed by atoms with Crippen molar-refractivity contribution in [2.24, 2.45) is 5.10 Å². The van der Waals surface area contributed by atoms with E-state index in [1.807, 2.05) is 54.6 Å². The molecule has 0 fully saturated rings. The maximum absolute atomic E-state index is 12.0. The molecule has 1 N–H and O–H groups in total. The van der Waals surface area contributed by atoms with Crippen molar-refractivity contribution in [1.82, 2.24) is 5.43 Å². The van der Waals surface area contributed by atoms with Crippen molar-refractivity contribution in [2.45, 2.75) is 6.61 Å². The molecule has 3 aromatic rings. The van der Waals surface area contributed by atoms with Crippen LogP contribution in [0.4, 0.5) is 0 Å². The predicted molar refractivity (Wildman–Crippen MR) is 108 cm³/mol. The molecule has 0 aliphatic rings. The first-order valence-corrected chi connectivity index (χ1v) is 8.83. The van der Waals surface area contributed by atoms with Crippen molar-refractivity contribution < 1.29 is 9.53 Å². The lowest BCUT2D eigenvalue weighted by atomic mass is 10.1. The molecule has 5 nitrogen and oxygen atoms in total. The molecule has 3 aromatic carbocycles. The van der Waals surface area contributed by atoms with Gasteiger partial charge in [-0.25, -0.2) is 5.43 Å². The van der Waals surface area contributed by atoms with Crippen LogP contribution in [0, 0.1) is 11.3 Å². The Bertz CT molecular complexity index is 1040. The number of benzene rings is 3. The Balaban J connectivity index is 1.58. The Labute approximate surface area is 167 Å². The van der Waals surface area contributed by atoms with Crippen LogP contribution >= 0.6 is 11.6 Å². The molecule has 138 valence electrons. The van der Waals surface area contributed by atoms with Crippen molar-refractivity contribution in [1.29, 1.82) is 5.26 Å². The summed E-state index contributed by atoms with van der Waals surface area (Å²) >= 11 is 6.13. The zero-order valence-corrected chi connectivity index (χ0v) is 15.6. The molecule has 0 unspecified atom stereocenters. The number of hydrogen-bond donors (Lipinski definition) is 1. The van der Waals surface area contributed by atoms with Crippen molar-refractivity contribution in [3.63, 3.8) is 0 Å². The van der Waals surface area contributed by atoms with Gasteiger partial charge in [0.05, 0.1) is 17.8 Å². The quantitative estimate of drug-likeness (QED) is 0.496. The summed E-state index contributed by atoms with van der Waals surface area (Å²) in [6.07, 6.45) is 1.53. The van der Waals surface area contributed by atoms with Gasteiger partial charge >= 0.3 is 0 Å². The van der Waals surface area contributed by atoms with E-state index in [-0.39, 0.29) is 5.91 Å². The van der Waals surface area contributed by atoms with E-state index >= 15 is 0 Å². The summed E-state index contributed by atoms with van der Waals surface area (Å²) in [5.41, 5.74) is 5.05. The van der Waals surface area contributed by atoms with Gasteiger partial charge in [-0.2, -0.15) is 10.4 Å². The zero-order chi connectivity index (χ0) is 19.8. The van der Waals surface area contributed by atoms with E-state index in [0.29, 0.717) is 28.5 Å². The van der Waals surface area contributed by atoms with Crippen LogP contribution in [-0.4, -0.2) is 12.1 Å². The van der Waals surface area contributed by atoms with Gasteiger partial charge in [-0.05, 0) is 48.0 Å². The van der Waals surface area contributed by atoms with Crippen molar-refractivity contribution >= 4 is 23.7 Å². The average molecular weight is 390 g/mol. The molecular weight excluding hydrogens is 374 g/mol. The van der Waals surface area contributed by atoms with E-state index in [9.17, 15) is 4.79 Å². The molecule has 0 saturated heterocycles. The van der Waals surface area contributed by atoms with Crippen LogP contribution in [0.1, 0.15) is 27.0 Å². The molecule has 0 aliphatic heterocycles. The highest BCUT2D eigenvalue weighted by atomic mass is 35.5. The number of hydrogen-bond acceptors (Lipinski definition) is 4. The minimum absolute atomic E-state index is 0.355. The summed E-state index contributed by atoms with van der Waals surface area (Å²) in [5.74, 6) is 0.314. The molecule has 0 aliphatic carbocycles. The smallest absolute Gasteiger partial charge is 0.271 e. The Kier molecular flexibility index (Phi) is 6.40. The largest absolute Gasteiger partial charge is 0.489 e. The lowest BCUT2D eigenvalue weighted by Crippen LogP contribution is -2.17. The van der Waals surface area contributed by atoms with Gasteiger partial charge in [-0.1, -0.05) is 41.9 Å². The summed E-state index contributed by atoms with van der Waals surface area (Å²) in [6, 6.07) is 23.2. The maximum Gasteiger partial charge on any atom is 0.271 e. The highest BCUT2D eigenvalue weighted by molar-refractivity contribution is 6.31. The van der Waals surface area contributed by atoms with Gasteiger partial charge in [-0.15, -0.1) is 0 Å². The van der Waals surface area contributed by atoms with Gasteiger partial charge in [0.1, 0.15) is 12.4 Å². The molecule has 0 bridgehead atoms. The number of amides is 1. The average Bonchev–Trinajstić information content (AvgIpc) is 2.73. The monoisotopic (exact) mass is 389 g/mol. The van der Waals surface area contributed by atoms with Crippen LogP contribution in [0.3, 0.4) is 0 Å². The number of nitriles is 1. The second kappa shape index (κ2) is 9.36. The van der Waals surface area contributed by atoms with E-state index in [2.05, 4.69) is 10.5 Å². The Morgan fingerprint density at radius 2 is 1.89 bits per heavy atom. The third-order valence-corrected chi connectivity index (χ3v) is 4.23. The molecule has 28 heavy (non-hydrogen) atoms. The van der Waals surface area contributed by atoms with Crippen molar-refractivity contribution in [3.05, 3.63) is 100 Å². The highest BCUT2D eigenvalue weighted by Gasteiger charge is 2.04. The first kappa shape index (κ1) is 19.2. The number of halogens is 1. The third kappa shape index (κ3) is 5.19. The number of carbonyl (C=O) groups is 1. The highest BCUT2D eigenvalue weighted by Crippen LogP contribution is 2.19. The summed E-state index contributed by atoms with van der Waals surface area (Å²) < 4.78 is 5.77. The molecule has 1 amide bonds. The zero-order valence-electron chi connectivity index (χ0n) is 14.8. The molecule has 0 aromatic heterocycles. The fourth-order valence-electron chi connectivity index (χ4n) is 2.39. The minimum atomic E-state index is -0.355. The number of hydrazone groups is 1. The normalized spacial score (nSPS) is 10.4. The molecule has 0 atom stereocenters. The first-order chi connectivity index (χ1) is 13.7. The summed E-state index contributed by atoms with van der Waals surface area (Å²) in [7, 11) is 0. The number of rotatable bonds is 6. The lowest BCUT2D eigenvalue weighted by Gasteiger charge is -2.08. The van der Waals surface area contributed by atoms with Gasteiger partial charge in [0, 0.05) is 16.1 Å². The second-order valence-electron chi connectivity index (χ2n) is 5.84. The third-order valence-electron chi connectivity index (χ3n) is 3.87. The molecule has 0 spiro atoms. The SMILES string of the molecule is N#Cc1ccc(C(=O)N/N=C\c2cccc(OCc3ccccc3Cl)c2)cc1. The topological polar surface area (TPSA) is 74.5 Å². The lowest BCUT2D eigenvalue weighted by molar-refractivity contribution is 0.0955. The van der Waals surface area contributed by atoms with E-state index in [0.717, 1.165) is 11.1 Å². The standard InChI is InChI=1S/C22H16ClN3O2/c23-21-7-2-1-5-19(21)15-28-20-6-3-4-17(12-20)14-25-26-22(27)18-10-8-16(13-24)9-11-18/h1-12,14H,15H2,(H,26,27)/b25-14-. The predicted octanol–water partition coefficient (Wildman–Crippen LogP) is 4.55. The van der Waals surface area contributed by atoms with E-state index in [4.69, 9.17) is 21.6 Å². The molecule has 3 rings (SSSR count). The van der Waals surface area contributed by atoms with E-state index < -0.39 is 0 Å². The minimum Gasteiger partial charge on any atom is -0.489 e. The van der Waals surface area contributed by atoms with Gasteiger partial charge in [0.2, 0.25) is 0 Å². The van der Waals surface area contributed by atoms with Gasteiger partial charge in [-0.3, -0.25) is 4.79 Å². The van der Waals surface area contributed by atoms with Crippen molar-refractivity contribution in [3.8, 4) is 11.8 Å². The number of nitrogens with one attached hydrogen (secondary N) is 1. The van der Waals surface area contributed by atoms with Crippen LogP contribution < -0.4 is 10.2 Å². The summed E-state index contributed by atoms with van der Waals surface area (Å²) in [5, 5.41) is 13.4. The molecule has 6 heteroatoms. The fourth-order valence-corrected chi connectivity index (χ4v) is 2.58. The Morgan fingerprint density at radius 3 is 2.64 bits per heavy atom. The van der Waals surface area contributed by atoms with E-state index in [1.54, 1.807) is 24.3 Å². The van der Waals surface area contributed by atoms with E-state index in [1.165, 1.54) is 6.21 Å².